The monoisotopic (exact) mass is 744 g/mol. The van der Waals surface area contributed by atoms with Crippen molar-refractivity contribution in [1.82, 2.24) is 4.57 Å². The van der Waals surface area contributed by atoms with Crippen LogP contribution in [0.3, 0.4) is 0 Å². The summed E-state index contributed by atoms with van der Waals surface area (Å²) in [6, 6.07) is 79.4. The summed E-state index contributed by atoms with van der Waals surface area (Å²) in [6.45, 7) is 0. The van der Waals surface area contributed by atoms with Crippen molar-refractivity contribution in [2.75, 3.05) is 4.90 Å². The molecule has 0 aliphatic rings. The molecular formula is C54H36N2S. The predicted octanol–water partition coefficient (Wildman–Crippen LogP) is 15.6. The molecule has 2 heterocycles. The van der Waals surface area contributed by atoms with Crippen LogP contribution < -0.4 is 4.90 Å². The molecule has 0 amide bonds. The van der Waals surface area contributed by atoms with Gasteiger partial charge in [-0.25, -0.2) is 0 Å². The van der Waals surface area contributed by atoms with Crippen molar-refractivity contribution < 1.29 is 0 Å². The number of thiophene rings is 1. The number of rotatable bonds is 7. The molecule has 9 aromatic carbocycles. The first-order valence-corrected chi connectivity index (χ1v) is 20.2. The summed E-state index contributed by atoms with van der Waals surface area (Å²) in [7, 11) is 0. The minimum Gasteiger partial charge on any atom is -0.309 e. The molecule has 0 radical (unpaired) electrons. The van der Waals surface area contributed by atoms with Gasteiger partial charge < -0.3 is 9.47 Å². The third kappa shape index (κ3) is 5.80. The zero-order valence-electron chi connectivity index (χ0n) is 31.1. The Labute approximate surface area is 335 Å². The first-order valence-electron chi connectivity index (χ1n) is 19.4. The van der Waals surface area contributed by atoms with E-state index in [2.05, 4.69) is 228 Å². The molecule has 0 N–H and O–H groups in total. The Morgan fingerprint density at radius 2 is 0.860 bits per heavy atom. The van der Waals surface area contributed by atoms with Crippen molar-refractivity contribution in [3.05, 3.63) is 218 Å². The van der Waals surface area contributed by atoms with Crippen LogP contribution in [0.25, 0.3) is 81.0 Å². The Morgan fingerprint density at radius 1 is 0.333 bits per heavy atom. The topological polar surface area (TPSA) is 8.17 Å². The Kier molecular flexibility index (Phi) is 8.04. The van der Waals surface area contributed by atoms with Gasteiger partial charge in [-0.2, -0.15) is 0 Å². The van der Waals surface area contributed by atoms with Gasteiger partial charge in [-0.3, -0.25) is 0 Å². The number of fused-ring (bicyclic) bond motifs is 6. The number of nitrogens with zero attached hydrogens (tertiary/aromatic N) is 2. The quantitative estimate of drug-likeness (QED) is 0.158. The molecular weight excluding hydrogens is 709 g/mol. The molecule has 0 unspecified atom stereocenters. The van der Waals surface area contributed by atoms with Crippen molar-refractivity contribution in [2.24, 2.45) is 0 Å². The minimum absolute atomic E-state index is 1.10. The fourth-order valence-corrected chi connectivity index (χ4v) is 9.69. The van der Waals surface area contributed by atoms with E-state index >= 15 is 0 Å². The third-order valence-electron chi connectivity index (χ3n) is 11.2. The van der Waals surface area contributed by atoms with Gasteiger partial charge in [-0.15, -0.1) is 11.3 Å². The van der Waals surface area contributed by atoms with Crippen molar-refractivity contribution >= 4 is 70.4 Å². The molecule has 3 heteroatoms. The van der Waals surface area contributed by atoms with Gasteiger partial charge in [0.15, 0.2) is 0 Å². The normalized spacial score (nSPS) is 11.5. The van der Waals surface area contributed by atoms with Gasteiger partial charge in [-0.05, 0) is 106 Å². The van der Waals surface area contributed by atoms with Crippen LogP contribution >= 0.6 is 11.3 Å². The zero-order chi connectivity index (χ0) is 37.7. The highest BCUT2D eigenvalue weighted by Crippen LogP contribution is 2.46. The fourth-order valence-electron chi connectivity index (χ4n) is 8.48. The summed E-state index contributed by atoms with van der Waals surface area (Å²) in [5, 5.41) is 5.06. The third-order valence-corrected chi connectivity index (χ3v) is 12.4. The van der Waals surface area contributed by atoms with Crippen molar-refractivity contribution in [3.63, 3.8) is 0 Å². The van der Waals surface area contributed by atoms with E-state index in [1.165, 1.54) is 81.0 Å². The highest BCUT2D eigenvalue weighted by Gasteiger charge is 2.21. The molecule has 11 aromatic rings. The number of benzene rings is 9. The van der Waals surface area contributed by atoms with Gasteiger partial charge in [0, 0.05) is 43.3 Å². The second-order valence-corrected chi connectivity index (χ2v) is 15.6. The largest absolute Gasteiger partial charge is 0.309 e. The van der Waals surface area contributed by atoms with E-state index < -0.39 is 0 Å². The molecule has 0 aliphatic carbocycles. The van der Waals surface area contributed by atoms with E-state index in [1.807, 2.05) is 11.3 Å². The molecule has 0 saturated carbocycles. The van der Waals surface area contributed by atoms with E-state index in [0.29, 0.717) is 0 Å². The molecule has 0 bridgehead atoms. The molecule has 0 saturated heterocycles. The molecule has 2 aromatic heterocycles. The standard InChI is InChI=1S/C54H36N2S/c1-4-15-37(16-5-1)40-33-41(38-17-6-2-7-18-38)35-42(34-40)39-27-29-44(30-28-39)55(51-25-14-23-49-48-22-11-13-26-53(48)57-54(49)51)45-31-32-47-46-21-10-12-24-50(46)56(52(47)36-45)43-19-8-3-9-20-43/h1-36H. The van der Waals surface area contributed by atoms with Crippen LogP contribution in [0.4, 0.5) is 17.1 Å². The van der Waals surface area contributed by atoms with Crippen LogP contribution in [0.5, 0.6) is 0 Å². The average molecular weight is 745 g/mol. The van der Waals surface area contributed by atoms with Gasteiger partial charge in [0.2, 0.25) is 0 Å². The molecule has 2 nitrogen and oxygen atoms in total. The maximum atomic E-state index is 2.45. The highest BCUT2D eigenvalue weighted by atomic mass is 32.1. The summed E-state index contributed by atoms with van der Waals surface area (Å²) in [5.74, 6) is 0. The smallest absolute Gasteiger partial charge is 0.0640 e. The predicted molar refractivity (Wildman–Crippen MR) is 245 cm³/mol. The average Bonchev–Trinajstić information content (AvgIpc) is 3.84. The Bertz CT molecular complexity index is 3160. The maximum Gasteiger partial charge on any atom is 0.0640 e. The number of hydrogen-bond donors (Lipinski definition) is 0. The summed E-state index contributed by atoms with van der Waals surface area (Å²) in [4.78, 5) is 2.45. The van der Waals surface area contributed by atoms with E-state index in [1.54, 1.807) is 0 Å². The lowest BCUT2D eigenvalue weighted by atomic mass is 9.93. The van der Waals surface area contributed by atoms with Crippen LogP contribution in [0.2, 0.25) is 0 Å². The fraction of sp³-hybridized carbons (Fsp3) is 0. The van der Waals surface area contributed by atoms with Gasteiger partial charge >= 0.3 is 0 Å². The van der Waals surface area contributed by atoms with E-state index in [4.69, 9.17) is 0 Å². The number of hydrogen-bond acceptors (Lipinski definition) is 2. The Hall–Kier alpha value is -7.20. The lowest BCUT2D eigenvalue weighted by Gasteiger charge is -2.26. The summed E-state index contributed by atoms with van der Waals surface area (Å²) in [6.07, 6.45) is 0. The molecule has 0 fully saturated rings. The van der Waals surface area contributed by atoms with Crippen molar-refractivity contribution in [2.45, 2.75) is 0 Å². The molecule has 0 aliphatic heterocycles. The Morgan fingerprint density at radius 3 is 1.54 bits per heavy atom. The van der Waals surface area contributed by atoms with Crippen LogP contribution in [0.1, 0.15) is 0 Å². The van der Waals surface area contributed by atoms with Gasteiger partial charge in [0.1, 0.15) is 0 Å². The van der Waals surface area contributed by atoms with Crippen LogP contribution in [-0.4, -0.2) is 4.57 Å². The molecule has 268 valence electrons. The minimum atomic E-state index is 1.10. The highest BCUT2D eigenvalue weighted by molar-refractivity contribution is 7.26. The van der Waals surface area contributed by atoms with Gasteiger partial charge in [0.25, 0.3) is 0 Å². The van der Waals surface area contributed by atoms with Crippen molar-refractivity contribution in [1.29, 1.82) is 0 Å². The van der Waals surface area contributed by atoms with E-state index in [-0.39, 0.29) is 0 Å². The first-order chi connectivity index (χ1) is 28.3. The number of aromatic nitrogens is 1. The van der Waals surface area contributed by atoms with Gasteiger partial charge in [-0.1, -0.05) is 146 Å². The summed E-state index contributed by atoms with van der Waals surface area (Å²) >= 11 is 1.87. The first kappa shape index (κ1) is 33.2. The molecule has 11 rings (SSSR count). The zero-order valence-corrected chi connectivity index (χ0v) is 31.9. The SMILES string of the molecule is c1ccc(-c2cc(-c3ccccc3)cc(-c3ccc(N(c4ccc5c6ccccc6n(-c6ccccc6)c5c4)c4cccc5c4sc4ccccc45)cc3)c2)cc1. The lowest BCUT2D eigenvalue weighted by molar-refractivity contribution is 1.18. The van der Waals surface area contributed by atoms with Crippen LogP contribution in [0.15, 0.2) is 218 Å². The number of anilines is 3. The van der Waals surface area contributed by atoms with Gasteiger partial charge in [0.05, 0.1) is 21.4 Å². The summed E-state index contributed by atoms with van der Waals surface area (Å²) < 4.78 is 4.97. The number of para-hydroxylation sites is 2. The van der Waals surface area contributed by atoms with E-state index in [9.17, 15) is 0 Å². The summed E-state index contributed by atoms with van der Waals surface area (Å²) in [5.41, 5.74) is 14.1. The molecule has 57 heavy (non-hydrogen) atoms. The lowest BCUT2D eigenvalue weighted by Crippen LogP contribution is -2.10. The van der Waals surface area contributed by atoms with Crippen molar-refractivity contribution in [3.8, 4) is 39.1 Å². The van der Waals surface area contributed by atoms with E-state index in [0.717, 1.165) is 17.1 Å². The maximum absolute atomic E-state index is 2.45. The second-order valence-electron chi connectivity index (χ2n) is 14.6. The molecule has 0 spiro atoms. The molecule has 0 atom stereocenters. The van der Waals surface area contributed by atoms with Crippen LogP contribution in [-0.2, 0) is 0 Å². The van der Waals surface area contributed by atoms with Crippen LogP contribution in [0, 0.1) is 0 Å². The Balaban J connectivity index is 1.11. The second kappa shape index (κ2) is 13.8.